The first-order valence-corrected chi connectivity index (χ1v) is 7.87. The summed E-state index contributed by atoms with van der Waals surface area (Å²) < 4.78 is 17.2. The lowest BCUT2D eigenvalue weighted by Crippen LogP contribution is -2.40. The van der Waals surface area contributed by atoms with Crippen molar-refractivity contribution in [2.24, 2.45) is 0 Å². The zero-order valence-electron chi connectivity index (χ0n) is 13.2. The molecule has 122 valence electrons. The van der Waals surface area contributed by atoms with Gasteiger partial charge in [-0.3, -0.25) is 4.79 Å². The Labute approximate surface area is 139 Å². The number of benzene rings is 2. The van der Waals surface area contributed by atoms with Crippen molar-refractivity contribution >= 4 is 16.9 Å². The molecule has 5 heteroatoms. The predicted molar refractivity (Wildman–Crippen MR) is 89.6 cm³/mol. The summed E-state index contributed by atoms with van der Waals surface area (Å²) in [6, 6.07) is 15.1. The minimum absolute atomic E-state index is 0.228. The summed E-state index contributed by atoms with van der Waals surface area (Å²) in [6.45, 7) is 2.64. The van der Waals surface area contributed by atoms with E-state index in [2.05, 4.69) is 5.32 Å². The van der Waals surface area contributed by atoms with E-state index in [1.807, 2.05) is 55.5 Å². The molecule has 0 radical (unpaired) electrons. The number of carbonyl (C=O) groups excluding carboxylic acids is 1. The fourth-order valence-electron chi connectivity index (χ4n) is 2.84. The molecule has 1 aliphatic heterocycles. The van der Waals surface area contributed by atoms with Gasteiger partial charge in [0.05, 0.1) is 6.54 Å². The second kappa shape index (κ2) is 5.92. The fourth-order valence-corrected chi connectivity index (χ4v) is 2.84. The molecule has 1 atom stereocenters. The molecule has 0 fully saturated rings. The molecule has 2 heterocycles. The van der Waals surface area contributed by atoms with Gasteiger partial charge >= 0.3 is 0 Å². The van der Waals surface area contributed by atoms with Crippen LogP contribution in [-0.4, -0.2) is 25.2 Å². The summed E-state index contributed by atoms with van der Waals surface area (Å²) in [4.78, 5) is 12.4. The largest absolute Gasteiger partial charge is 0.486 e. The van der Waals surface area contributed by atoms with Crippen LogP contribution in [0.3, 0.4) is 0 Å². The Morgan fingerprint density at radius 2 is 1.88 bits per heavy atom. The molecule has 24 heavy (non-hydrogen) atoms. The molecule has 2 aromatic carbocycles. The van der Waals surface area contributed by atoms with Crippen molar-refractivity contribution in [1.29, 1.82) is 0 Å². The number of hydrogen-bond donors (Lipinski definition) is 1. The van der Waals surface area contributed by atoms with Crippen LogP contribution in [0, 0.1) is 6.92 Å². The summed E-state index contributed by atoms with van der Waals surface area (Å²) in [7, 11) is 0. The van der Waals surface area contributed by atoms with Crippen molar-refractivity contribution in [3.63, 3.8) is 0 Å². The first-order chi connectivity index (χ1) is 11.7. The summed E-state index contributed by atoms with van der Waals surface area (Å²) in [5.41, 5.74) is 1.56. The second-order valence-corrected chi connectivity index (χ2v) is 5.76. The van der Waals surface area contributed by atoms with E-state index in [0.29, 0.717) is 30.2 Å². The van der Waals surface area contributed by atoms with E-state index in [4.69, 9.17) is 13.9 Å². The van der Waals surface area contributed by atoms with Gasteiger partial charge in [0.2, 0.25) is 0 Å². The van der Waals surface area contributed by atoms with Gasteiger partial charge in [0.25, 0.3) is 5.91 Å². The van der Waals surface area contributed by atoms with Gasteiger partial charge in [0.1, 0.15) is 18.3 Å². The predicted octanol–water partition coefficient (Wildman–Crippen LogP) is 3.31. The maximum atomic E-state index is 12.4. The number of hydrogen-bond acceptors (Lipinski definition) is 4. The molecule has 0 unspecified atom stereocenters. The Balaban J connectivity index is 1.44. The number of amides is 1. The Morgan fingerprint density at radius 3 is 2.71 bits per heavy atom. The molecule has 1 aliphatic rings. The maximum Gasteiger partial charge on any atom is 0.287 e. The molecule has 0 spiro atoms. The van der Waals surface area contributed by atoms with E-state index in [-0.39, 0.29) is 12.0 Å². The lowest BCUT2D eigenvalue weighted by atomic mass is 10.1. The molecular formula is C19H17NO4. The Bertz CT molecular complexity index is 899. The first-order valence-electron chi connectivity index (χ1n) is 7.87. The lowest BCUT2D eigenvalue weighted by Gasteiger charge is -2.26. The van der Waals surface area contributed by atoms with E-state index in [9.17, 15) is 4.79 Å². The zero-order valence-corrected chi connectivity index (χ0v) is 13.2. The van der Waals surface area contributed by atoms with Crippen molar-refractivity contribution < 1.29 is 18.7 Å². The Kier molecular flexibility index (Phi) is 3.61. The van der Waals surface area contributed by atoms with Crippen LogP contribution < -0.4 is 14.8 Å². The Hall–Kier alpha value is -2.95. The minimum atomic E-state index is -0.244. The van der Waals surface area contributed by atoms with Crippen LogP contribution in [0.15, 0.2) is 52.9 Å². The smallest absolute Gasteiger partial charge is 0.287 e. The van der Waals surface area contributed by atoms with Gasteiger partial charge < -0.3 is 19.2 Å². The van der Waals surface area contributed by atoms with Crippen molar-refractivity contribution in [2.75, 3.05) is 13.2 Å². The Morgan fingerprint density at radius 1 is 1.12 bits per heavy atom. The average molecular weight is 323 g/mol. The molecular weight excluding hydrogens is 306 g/mol. The molecule has 5 nitrogen and oxygen atoms in total. The van der Waals surface area contributed by atoms with Crippen LogP contribution in [0.25, 0.3) is 11.0 Å². The third-order valence-corrected chi connectivity index (χ3v) is 4.11. The van der Waals surface area contributed by atoms with E-state index < -0.39 is 0 Å². The number of para-hydroxylation sites is 3. The van der Waals surface area contributed by atoms with E-state index in [0.717, 1.165) is 16.7 Å². The highest BCUT2D eigenvalue weighted by atomic mass is 16.6. The van der Waals surface area contributed by atoms with Gasteiger partial charge in [-0.15, -0.1) is 0 Å². The number of carbonyl (C=O) groups is 1. The van der Waals surface area contributed by atoms with Crippen LogP contribution in [-0.2, 0) is 0 Å². The van der Waals surface area contributed by atoms with Crippen LogP contribution in [0.1, 0.15) is 16.1 Å². The first kappa shape index (κ1) is 14.6. The monoisotopic (exact) mass is 323 g/mol. The highest BCUT2D eigenvalue weighted by Gasteiger charge is 2.23. The third-order valence-electron chi connectivity index (χ3n) is 4.11. The number of rotatable bonds is 3. The quantitative estimate of drug-likeness (QED) is 0.803. The maximum absolute atomic E-state index is 12.4. The summed E-state index contributed by atoms with van der Waals surface area (Å²) in [5, 5.41) is 3.82. The summed E-state index contributed by atoms with van der Waals surface area (Å²) in [6.07, 6.45) is -0.228. The van der Waals surface area contributed by atoms with Gasteiger partial charge in [-0.2, -0.15) is 0 Å². The number of furan rings is 1. The highest BCUT2D eigenvalue weighted by Crippen LogP contribution is 2.30. The molecule has 4 rings (SSSR count). The number of aryl methyl sites for hydroxylation is 1. The number of fused-ring (bicyclic) bond motifs is 2. The zero-order chi connectivity index (χ0) is 16.5. The normalized spacial score (nSPS) is 16.1. The standard InChI is InChI=1S/C19H17NO4/c1-12-14-6-2-3-7-15(14)24-18(12)19(21)20-10-13-11-22-16-8-4-5-9-17(16)23-13/h2-9,13H,10-11H2,1H3,(H,20,21)/t13-/m1/s1. The van der Waals surface area contributed by atoms with Crippen LogP contribution in [0.2, 0.25) is 0 Å². The summed E-state index contributed by atoms with van der Waals surface area (Å²) in [5.74, 6) is 1.52. The van der Waals surface area contributed by atoms with E-state index in [1.165, 1.54) is 0 Å². The molecule has 1 amide bonds. The molecule has 0 aliphatic carbocycles. The number of ether oxygens (including phenoxy) is 2. The number of nitrogens with one attached hydrogen (secondary N) is 1. The van der Waals surface area contributed by atoms with Gasteiger partial charge in [0, 0.05) is 10.9 Å². The van der Waals surface area contributed by atoms with Crippen molar-refractivity contribution in [2.45, 2.75) is 13.0 Å². The highest BCUT2D eigenvalue weighted by molar-refractivity contribution is 5.98. The molecule has 3 aromatic rings. The third kappa shape index (κ3) is 2.58. The molecule has 0 saturated carbocycles. The van der Waals surface area contributed by atoms with Crippen LogP contribution in [0.5, 0.6) is 11.5 Å². The van der Waals surface area contributed by atoms with E-state index >= 15 is 0 Å². The van der Waals surface area contributed by atoms with Gasteiger partial charge in [0.15, 0.2) is 17.3 Å². The van der Waals surface area contributed by atoms with Gasteiger partial charge in [-0.05, 0) is 25.1 Å². The lowest BCUT2D eigenvalue weighted by molar-refractivity contribution is 0.0774. The topological polar surface area (TPSA) is 60.7 Å². The minimum Gasteiger partial charge on any atom is -0.486 e. The molecule has 1 N–H and O–H groups in total. The molecule has 1 aromatic heterocycles. The second-order valence-electron chi connectivity index (χ2n) is 5.76. The van der Waals surface area contributed by atoms with Crippen LogP contribution in [0.4, 0.5) is 0 Å². The van der Waals surface area contributed by atoms with Gasteiger partial charge in [-0.25, -0.2) is 0 Å². The average Bonchev–Trinajstić information content (AvgIpc) is 2.97. The fraction of sp³-hybridized carbons (Fsp3) is 0.211. The van der Waals surface area contributed by atoms with Crippen molar-refractivity contribution in [3.8, 4) is 11.5 Å². The summed E-state index contributed by atoms with van der Waals surface area (Å²) >= 11 is 0. The SMILES string of the molecule is Cc1c(C(=O)NC[C@@H]2COc3ccccc3O2)oc2ccccc12. The van der Waals surface area contributed by atoms with Crippen molar-refractivity contribution in [1.82, 2.24) is 5.32 Å². The molecule has 0 bridgehead atoms. The van der Waals surface area contributed by atoms with E-state index in [1.54, 1.807) is 0 Å². The van der Waals surface area contributed by atoms with Crippen LogP contribution >= 0.6 is 0 Å². The van der Waals surface area contributed by atoms with Crippen molar-refractivity contribution in [3.05, 3.63) is 59.9 Å². The molecule has 0 saturated heterocycles. The van der Waals surface area contributed by atoms with Gasteiger partial charge in [-0.1, -0.05) is 30.3 Å².